The third kappa shape index (κ3) is 2.54. The lowest BCUT2D eigenvalue weighted by atomic mass is 10.1. The van der Waals surface area contributed by atoms with Crippen LogP contribution in [0.2, 0.25) is 0 Å². The van der Waals surface area contributed by atoms with Crippen LogP contribution in [0, 0.1) is 5.82 Å². The summed E-state index contributed by atoms with van der Waals surface area (Å²) >= 11 is 0. The molecule has 0 bridgehead atoms. The predicted octanol–water partition coefficient (Wildman–Crippen LogP) is 3.20. The predicted molar refractivity (Wildman–Crippen MR) is 78.4 cm³/mol. The number of anilines is 2. The molecule has 0 radical (unpaired) electrons. The van der Waals surface area contributed by atoms with Gasteiger partial charge in [-0.15, -0.1) is 0 Å². The Morgan fingerprint density at radius 3 is 2.95 bits per heavy atom. The van der Waals surface area contributed by atoms with Crippen LogP contribution in [0.3, 0.4) is 0 Å². The number of para-hydroxylation sites is 2. The first-order valence-corrected chi connectivity index (χ1v) is 6.75. The third-order valence-electron chi connectivity index (χ3n) is 3.50. The molecule has 0 fully saturated rings. The molecule has 2 aromatic rings. The van der Waals surface area contributed by atoms with Crippen molar-refractivity contribution in [2.45, 2.75) is 13.0 Å². The fourth-order valence-corrected chi connectivity index (χ4v) is 2.48. The molecule has 0 unspecified atom stereocenters. The van der Waals surface area contributed by atoms with Crippen molar-refractivity contribution < 1.29 is 9.13 Å². The van der Waals surface area contributed by atoms with Gasteiger partial charge in [-0.3, -0.25) is 0 Å². The van der Waals surface area contributed by atoms with Crippen molar-refractivity contribution in [3.63, 3.8) is 0 Å². The largest absolute Gasteiger partial charge is 0.491 e. The van der Waals surface area contributed by atoms with Crippen LogP contribution < -0.4 is 15.4 Å². The highest BCUT2D eigenvalue weighted by Gasteiger charge is 2.17. The number of fused-ring (bicyclic) bond motifs is 1. The van der Waals surface area contributed by atoms with Crippen molar-refractivity contribution in [1.29, 1.82) is 0 Å². The lowest BCUT2D eigenvalue weighted by molar-refractivity contribution is 0.322. The number of benzene rings is 2. The number of hydrogen-bond donors (Lipinski definition) is 1. The first-order valence-electron chi connectivity index (χ1n) is 6.75. The van der Waals surface area contributed by atoms with E-state index in [9.17, 15) is 4.39 Å². The van der Waals surface area contributed by atoms with Crippen molar-refractivity contribution in [3.05, 3.63) is 53.8 Å². The monoisotopic (exact) mass is 272 g/mol. The lowest BCUT2D eigenvalue weighted by Crippen LogP contribution is -2.23. The Morgan fingerprint density at radius 1 is 1.20 bits per heavy atom. The minimum atomic E-state index is -0.256. The highest BCUT2D eigenvalue weighted by Crippen LogP contribution is 2.32. The van der Waals surface area contributed by atoms with Crippen molar-refractivity contribution >= 4 is 11.4 Å². The highest BCUT2D eigenvalue weighted by atomic mass is 19.1. The smallest absolute Gasteiger partial charge is 0.142 e. The average molecular weight is 272 g/mol. The van der Waals surface area contributed by atoms with E-state index in [1.165, 1.54) is 12.1 Å². The zero-order valence-electron chi connectivity index (χ0n) is 11.2. The van der Waals surface area contributed by atoms with Crippen LogP contribution in [-0.2, 0) is 6.54 Å². The van der Waals surface area contributed by atoms with E-state index in [4.69, 9.17) is 10.5 Å². The van der Waals surface area contributed by atoms with Crippen LogP contribution in [0.5, 0.6) is 5.75 Å². The quantitative estimate of drug-likeness (QED) is 0.853. The van der Waals surface area contributed by atoms with Crippen molar-refractivity contribution in [3.8, 4) is 5.75 Å². The van der Waals surface area contributed by atoms with Crippen LogP contribution in [0.1, 0.15) is 12.0 Å². The molecule has 4 heteroatoms. The van der Waals surface area contributed by atoms with Gasteiger partial charge >= 0.3 is 0 Å². The molecule has 3 nitrogen and oxygen atoms in total. The number of hydrogen-bond acceptors (Lipinski definition) is 3. The van der Waals surface area contributed by atoms with Gasteiger partial charge in [0.1, 0.15) is 11.6 Å². The number of nitrogen functional groups attached to an aromatic ring is 1. The van der Waals surface area contributed by atoms with Gasteiger partial charge in [0.15, 0.2) is 0 Å². The van der Waals surface area contributed by atoms with Crippen LogP contribution in [0.4, 0.5) is 15.8 Å². The Labute approximate surface area is 117 Å². The molecule has 3 rings (SSSR count). The molecular formula is C16H17FN2O. The van der Waals surface area contributed by atoms with E-state index in [-0.39, 0.29) is 5.82 Å². The first-order chi connectivity index (χ1) is 9.74. The fourth-order valence-electron chi connectivity index (χ4n) is 2.48. The van der Waals surface area contributed by atoms with Crippen LogP contribution >= 0.6 is 0 Å². The van der Waals surface area contributed by atoms with Gasteiger partial charge in [0, 0.05) is 18.8 Å². The number of rotatable bonds is 2. The molecule has 2 N–H and O–H groups in total. The van der Waals surface area contributed by atoms with Crippen molar-refractivity contribution in [2.24, 2.45) is 0 Å². The van der Waals surface area contributed by atoms with E-state index >= 15 is 0 Å². The molecule has 0 amide bonds. The second-order valence-corrected chi connectivity index (χ2v) is 4.93. The minimum Gasteiger partial charge on any atom is -0.491 e. The van der Waals surface area contributed by atoms with E-state index in [0.717, 1.165) is 30.0 Å². The van der Waals surface area contributed by atoms with E-state index in [0.29, 0.717) is 18.8 Å². The summed E-state index contributed by atoms with van der Waals surface area (Å²) in [5, 5.41) is 0. The molecule has 0 aromatic heterocycles. The molecular weight excluding hydrogens is 255 g/mol. The Bertz CT molecular complexity index is 615. The van der Waals surface area contributed by atoms with Crippen LogP contribution in [-0.4, -0.2) is 13.2 Å². The molecule has 0 saturated carbocycles. The van der Waals surface area contributed by atoms with Crippen molar-refractivity contribution in [1.82, 2.24) is 0 Å². The Hall–Kier alpha value is -2.23. The Kier molecular flexibility index (Phi) is 3.46. The summed E-state index contributed by atoms with van der Waals surface area (Å²) in [6.45, 7) is 2.16. The van der Waals surface area contributed by atoms with Gasteiger partial charge < -0.3 is 15.4 Å². The van der Waals surface area contributed by atoms with E-state index in [1.54, 1.807) is 6.07 Å². The topological polar surface area (TPSA) is 38.5 Å². The van der Waals surface area contributed by atoms with E-state index < -0.39 is 0 Å². The Morgan fingerprint density at radius 2 is 2.05 bits per heavy atom. The molecule has 2 aromatic carbocycles. The first kappa shape index (κ1) is 12.8. The normalized spacial score (nSPS) is 14.3. The third-order valence-corrected chi connectivity index (χ3v) is 3.50. The van der Waals surface area contributed by atoms with Gasteiger partial charge in [-0.25, -0.2) is 4.39 Å². The number of nitrogens with zero attached hydrogens (tertiary/aromatic N) is 1. The second kappa shape index (κ2) is 5.41. The van der Waals surface area contributed by atoms with Gasteiger partial charge in [-0.1, -0.05) is 12.1 Å². The second-order valence-electron chi connectivity index (χ2n) is 4.93. The van der Waals surface area contributed by atoms with Gasteiger partial charge in [0.25, 0.3) is 0 Å². The van der Waals surface area contributed by atoms with E-state index in [1.807, 2.05) is 24.3 Å². The molecule has 104 valence electrons. The number of nitrogens with two attached hydrogens (primary N) is 1. The summed E-state index contributed by atoms with van der Waals surface area (Å²) in [6, 6.07) is 12.4. The summed E-state index contributed by atoms with van der Waals surface area (Å²) in [5.41, 5.74) is 8.40. The van der Waals surface area contributed by atoms with Gasteiger partial charge in [0.2, 0.25) is 0 Å². The highest BCUT2D eigenvalue weighted by molar-refractivity contribution is 5.60. The SMILES string of the molecule is Nc1ccc(F)cc1CN1CCCOc2ccccc21. The van der Waals surface area contributed by atoms with Gasteiger partial charge in [-0.2, -0.15) is 0 Å². The summed E-state index contributed by atoms with van der Waals surface area (Å²) in [7, 11) is 0. The van der Waals surface area contributed by atoms with Gasteiger partial charge in [0.05, 0.1) is 12.3 Å². The summed E-state index contributed by atoms with van der Waals surface area (Å²) in [4.78, 5) is 2.19. The minimum absolute atomic E-state index is 0.256. The summed E-state index contributed by atoms with van der Waals surface area (Å²) < 4.78 is 19.1. The molecule has 0 aliphatic carbocycles. The molecule has 1 heterocycles. The summed E-state index contributed by atoms with van der Waals surface area (Å²) in [5.74, 6) is 0.619. The Balaban J connectivity index is 1.92. The fraction of sp³-hybridized carbons (Fsp3) is 0.250. The van der Waals surface area contributed by atoms with Crippen LogP contribution in [0.15, 0.2) is 42.5 Å². The number of halogens is 1. The maximum absolute atomic E-state index is 13.4. The van der Waals surface area contributed by atoms with E-state index in [2.05, 4.69) is 4.90 Å². The zero-order chi connectivity index (χ0) is 13.9. The standard InChI is InChI=1S/C16H17FN2O/c17-13-6-7-14(18)12(10-13)11-19-8-3-9-20-16-5-2-1-4-15(16)19/h1-2,4-7,10H,3,8-9,11,18H2. The molecule has 1 aliphatic rings. The molecule has 1 aliphatic heterocycles. The molecule has 0 saturated heterocycles. The molecule has 20 heavy (non-hydrogen) atoms. The van der Waals surface area contributed by atoms with Crippen LogP contribution in [0.25, 0.3) is 0 Å². The van der Waals surface area contributed by atoms with Gasteiger partial charge in [-0.05, 0) is 42.3 Å². The lowest BCUT2D eigenvalue weighted by Gasteiger charge is -2.24. The molecule has 0 spiro atoms. The maximum atomic E-state index is 13.4. The average Bonchev–Trinajstić information content (AvgIpc) is 2.66. The molecule has 0 atom stereocenters. The zero-order valence-corrected chi connectivity index (χ0v) is 11.2. The number of ether oxygens (including phenoxy) is 1. The van der Waals surface area contributed by atoms with Crippen molar-refractivity contribution in [2.75, 3.05) is 23.8 Å². The maximum Gasteiger partial charge on any atom is 0.142 e. The summed E-state index contributed by atoms with van der Waals surface area (Å²) in [6.07, 6.45) is 0.934.